The molecule has 126 valence electrons. The van der Waals surface area contributed by atoms with Crippen LogP contribution in [0, 0.1) is 5.92 Å². The molecule has 1 N–H and O–H groups in total. The summed E-state index contributed by atoms with van der Waals surface area (Å²) < 4.78 is 5.48. The highest BCUT2D eigenvalue weighted by molar-refractivity contribution is 6.00. The second kappa shape index (κ2) is 5.74. The van der Waals surface area contributed by atoms with Gasteiger partial charge in [0.2, 0.25) is 0 Å². The van der Waals surface area contributed by atoms with E-state index >= 15 is 0 Å². The van der Waals surface area contributed by atoms with Gasteiger partial charge in [0.05, 0.1) is 0 Å². The van der Waals surface area contributed by atoms with Crippen molar-refractivity contribution in [2.75, 3.05) is 13.1 Å². The van der Waals surface area contributed by atoms with Crippen molar-refractivity contribution in [3.63, 3.8) is 0 Å². The molecule has 2 bridgehead atoms. The van der Waals surface area contributed by atoms with Crippen LogP contribution >= 0.6 is 0 Å². The smallest absolute Gasteiger partial charge is 0.251 e. The number of hydrogen-bond donors (Lipinski definition) is 1. The summed E-state index contributed by atoms with van der Waals surface area (Å²) in [7, 11) is 0. The lowest BCUT2D eigenvalue weighted by atomic mass is 9.79. The number of carbonyl (C=O) groups is 2. The zero-order valence-corrected chi connectivity index (χ0v) is 14.0. The Hall–Kier alpha value is -2.14. The van der Waals surface area contributed by atoms with Gasteiger partial charge in [0.1, 0.15) is 5.58 Å². The summed E-state index contributed by atoms with van der Waals surface area (Å²) in [5, 5.41) is 4.02. The van der Waals surface area contributed by atoms with Crippen molar-refractivity contribution >= 4 is 22.7 Å². The van der Waals surface area contributed by atoms with Gasteiger partial charge in [0.15, 0.2) is 11.5 Å². The van der Waals surface area contributed by atoms with E-state index in [-0.39, 0.29) is 17.7 Å². The number of ketones is 1. The highest BCUT2D eigenvalue weighted by Crippen LogP contribution is 2.32. The molecule has 2 aromatic rings. The maximum absolute atomic E-state index is 12.7. The second-order valence-corrected chi connectivity index (χ2v) is 7.03. The predicted molar refractivity (Wildman–Crippen MR) is 91.2 cm³/mol. The third-order valence-electron chi connectivity index (χ3n) is 5.60. The summed E-state index contributed by atoms with van der Waals surface area (Å²) >= 11 is 0. The lowest BCUT2D eigenvalue weighted by Gasteiger charge is -2.49. The summed E-state index contributed by atoms with van der Waals surface area (Å²) in [6.45, 7) is 5.97. The number of rotatable bonds is 3. The Morgan fingerprint density at radius 1 is 1.21 bits per heavy atom. The Bertz CT molecular complexity index is 800. The number of nitrogens with zero attached hydrogens (tertiary/aromatic N) is 1. The molecule has 3 aliphatic rings. The van der Waals surface area contributed by atoms with E-state index in [9.17, 15) is 9.59 Å². The molecule has 3 fully saturated rings. The van der Waals surface area contributed by atoms with Gasteiger partial charge in [-0.1, -0.05) is 0 Å². The van der Waals surface area contributed by atoms with Crippen molar-refractivity contribution in [2.24, 2.45) is 5.92 Å². The van der Waals surface area contributed by atoms with Crippen LogP contribution in [0.25, 0.3) is 11.0 Å². The molecule has 5 heteroatoms. The van der Waals surface area contributed by atoms with Crippen molar-refractivity contribution in [3.05, 3.63) is 35.6 Å². The normalized spacial score (nSPS) is 28.9. The van der Waals surface area contributed by atoms with E-state index in [1.54, 1.807) is 24.3 Å². The molecule has 0 radical (unpaired) electrons. The number of amides is 1. The molecule has 24 heavy (non-hydrogen) atoms. The fourth-order valence-corrected chi connectivity index (χ4v) is 4.14. The third kappa shape index (κ3) is 2.53. The van der Waals surface area contributed by atoms with Crippen LogP contribution in [-0.2, 0) is 0 Å². The van der Waals surface area contributed by atoms with E-state index in [0.29, 0.717) is 28.9 Å². The van der Waals surface area contributed by atoms with Gasteiger partial charge < -0.3 is 9.73 Å². The van der Waals surface area contributed by atoms with Gasteiger partial charge in [-0.15, -0.1) is 0 Å². The molecule has 2 atom stereocenters. The summed E-state index contributed by atoms with van der Waals surface area (Å²) in [6.07, 6.45) is 2.33. The first-order valence-electron chi connectivity index (χ1n) is 8.62. The maximum atomic E-state index is 12.7. The fourth-order valence-electron chi connectivity index (χ4n) is 4.14. The minimum absolute atomic E-state index is 0.0481. The molecule has 0 spiro atoms. The van der Waals surface area contributed by atoms with Crippen LogP contribution < -0.4 is 5.32 Å². The minimum Gasteiger partial charge on any atom is -0.453 e. The predicted octanol–water partition coefficient (Wildman–Crippen LogP) is 2.85. The molecule has 3 saturated heterocycles. The lowest BCUT2D eigenvalue weighted by Crippen LogP contribution is -2.62. The lowest BCUT2D eigenvalue weighted by molar-refractivity contribution is 0.0217. The average molecular weight is 326 g/mol. The molecule has 5 rings (SSSR count). The topological polar surface area (TPSA) is 62.6 Å². The zero-order chi connectivity index (χ0) is 16.8. The summed E-state index contributed by atoms with van der Waals surface area (Å²) in [5.74, 6) is 0.746. The molecule has 3 aliphatic heterocycles. The third-order valence-corrected chi connectivity index (χ3v) is 5.60. The van der Waals surface area contributed by atoms with Crippen LogP contribution in [-0.4, -0.2) is 41.8 Å². The molecule has 1 amide bonds. The summed E-state index contributed by atoms with van der Waals surface area (Å²) in [6, 6.07) is 7.63. The maximum Gasteiger partial charge on any atom is 0.251 e. The number of Topliss-reactive ketones (excluding diaryl/α,β-unsaturated/α-hetero) is 1. The summed E-state index contributed by atoms with van der Waals surface area (Å²) in [5.41, 5.74) is 1.25. The monoisotopic (exact) mass is 326 g/mol. The zero-order valence-electron chi connectivity index (χ0n) is 14.0. The molecule has 0 saturated carbocycles. The first-order valence-corrected chi connectivity index (χ1v) is 8.62. The molecule has 5 nitrogen and oxygen atoms in total. The highest BCUT2D eigenvalue weighted by Gasteiger charge is 2.40. The van der Waals surface area contributed by atoms with Crippen LogP contribution in [0.4, 0.5) is 0 Å². The summed E-state index contributed by atoms with van der Waals surface area (Å²) in [4.78, 5) is 26.6. The molecular weight excluding hydrogens is 304 g/mol. The first-order chi connectivity index (χ1) is 11.5. The van der Waals surface area contributed by atoms with Gasteiger partial charge in [-0.05, 0) is 63.0 Å². The van der Waals surface area contributed by atoms with Gasteiger partial charge >= 0.3 is 0 Å². The highest BCUT2D eigenvalue weighted by atomic mass is 16.3. The van der Waals surface area contributed by atoms with Crippen LogP contribution in [0.2, 0.25) is 0 Å². The minimum atomic E-state index is -0.113. The van der Waals surface area contributed by atoms with Gasteiger partial charge in [-0.3, -0.25) is 14.5 Å². The van der Waals surface area contributed by atoms with E-state index in [1.165, 1.54) is 6.92 Å². The van der Waals surface area contributed by atoms with Gasteiger partial charge in [0.25, 0.3) is 5.91 Å². The Morgan fingerprint density at radius 2 is 1.96 bits per heavy atom. The Labute approximate surface area is 141 Å². The molecule has 0 unspecified atom stereocenters. The van der Waals surface area contributed by atoms with Crippen molar-refractivity contribution < 1.29 is 14.0 Å². The van der Waals surface area contributed by atoms with Crippen molar-refractivity contribution in [3.8, 4) is 0 Å². The molecule has 1 aromatic heterocycles. The Balaban J connectivity index is 1.56. The number of furan rings is 1. The Kier molecular flexibility index (Phi) is 3.68. The molecular formula is C19H22N2O3. The van der Waals surface area contributed by atoms with E-state index in [1.807, 2.05) is 0 Å². The van der Waals surface area contributed by atoms with Gasteiger partial charge in [-0.2, -0.15) is 0 Å². The van der Waals surface area contributed by atoms with Gasteiger partial charge in [0, 0.05) is 30.0 Å². The standard InChI is InChI=1S/C19H22N2O3/c1-11-18(13-5-7-21(11)8-6-13)20-19(23)14-3-4-16-15(9-14)10-17(24-16)12(2)22/h3-4,9-11,13,18H,5-8H2,1-2H3,(H,20,23)/t11-,18+/m1/s1. The second-order valence-electron chi connectivity index (χ2n) is 7.03. The number of fused-ring (bicyclic) bond motifs is 4. The van der Waals surface area contributed by atoms with E-state index in [0.717, 1.165) is 31.3 Å². The largest absolute Gasteiger partial charge is 0.453 e. The van der Waals surface area contributed by atoms with Crippen molar-refractivity contribution in [1.29, 1.82) is 0 Å². The van der Waals surface area contributed by atoms with Crippen LogP contribution in [0.3, 0.4) is 0 Å². The van der Waals surface area contributed by atoms with E-state index < -0.39 is 0 Å². The molecule has 4 heterocycles. The van der Waals surface area contributed by atoms with Crippen LogP contribution in [0.5, 0.6) is 0 Å². The van der Waals surface area contributed by atoms with E-state index in [4.69, 9.17) is 4.42 Å². The number of benzene rings is 1. The SMILES string of the molecule is CC(=O)c1cc2cc(C(=O)N[C@@H]3C4CCN(CC4)[C@@H]3C)ccc2o1. The molecule has 1 aromatic carbocycles. The van der Waals surface area contributed by atoms with E-state index in [2.05, 4.69) is 17.1 Å². The van der Waals surface area contributed by atoms with Crippen LogP contribution in [0.1, 0.15) is 47.6 Å². The van der Waals surface area contributed by atoms with Crippen LogP contribution in [0.15, 0.2) is 28.7 Å². The Morgan fingerprint density at radius 3 is 2.62 bits per heavy atom. The number of hydrogen-bond acceptors (Lipinski definition) is 4. The first kappa shape index (κ1) is 15.4. The van der Waals surface area contributed by atoms with Crippen molar-refractivity contribution in [2.45, 2.75) is 38.8 Å². The number of carbonyl (C=O) groups excluding carboxylic acids is 2. The number of nitrogens with one attached hydrogen (secondary N) is 1. The molecule has 0 aliphatic carbocycles. The average Bonchev–Trinajstić information content (AvgIpc) is 3.02. The fraction of sp³-hybridized carbons (Fsp3) is 0.474. The van der Waals surface area contributed by atoms with Gasteiger partial charge in [-0.25, -0.2) is 0 Å². The van der Waals surface area contributed by atoms with Crippen molar-refractivity contribution in [1.82, 2.24) is 10.2 Å². The quantitative estimate of drug-likeness (QED) is 0.881. The number of piperidine rings is 3.